The Morgan fingerprint density at radius 2 is 1.46 bits per heavy atom. The normalized spacial score (nSPS) is 12.8. The van der Waals surface area contributed by atoms with Gasteiger partial charge in [-0.05, 0) is 11.1 Å². The van der Waals surface area contributed by atoms with Crippen molar-refractivity contribution in [2.45, 2.75) is 13.0 Å². The maximum atomic E-state index is 12.5. The summed E-state index contributed by atoms with van der Waals surface area (Å²) in [5.41, 5.74) is 1.66. The van der Waals surface area contributed by atoms with E-state index in [1.165, 1.54) is 14.0 Å². The maximum absolute atomic E-state index is 12.5. The van der Waals surface area contributed by atoms with Crippen molar-refractivity contribution in [3.63, 3.8) is 0 Å². The molecule has 2 aromatic carbocycles. The van der Waals surface area contributed by atoms with E-state index in [-0.39, 0.29) is 5.75 Å². The molecule has 0 saturated heterocycles. The predicted octanol–water partition coefficient (Wildman–Crippen LogP) is 2.50. The number of rotatable bonds is 7. The average molecular weight is 347 g/mol. The van der Waals surface area contributed by atoms with Crippen molar-refractivity contribution >= 4 is 16.0 Å². The van der Waals surface area contributed by atoms with E-state index in [9.17, 15) is 13.2 Å². The van der Waals surface area contributed by atoms with Gasteiger partial charge in [0.25, 0.3) is 0 Å². The fourth-order valence-corrected chi connectivity index (χ4v) is 3.97. The van der Waals surface area contributed by atoms with Crippen LogP contribution in [-0.4, -0.2) is 27.2 Å². The van der Waals surface area contributed by atoms with Gasteiger partial charge in [-0.1, -0.05) is 67.6 Å². The summed E-state index contributed by atoms with van der Waals surface area (Å²) < 4.78 is 32.3. The van der Waals surface area contributed by atoms with Crippen molar-refractivity contribution in [3.8, 4) is 0 Å². The van der Waals surface area contributed by atoms with E-state index in [2.05, 4.69) is 9.46 Å². The highest BCUT2D eigenvalue weighted by Crippen LogP contribution is 2.23. The first-order valence-electron chi connectivity index (χ1n) is 7.60. The number of carbonyl (C=O) groups excluding carboxylic acids is 1. The largest absolute Gasteiger partial charge is 0.469 e. The molecule has 6 heteroatoms. The van der Waals surface area contributed by atoms with Crippen LogP contribution in [0.3, 0.4) is 0 Å². The fourth-order valence-electron chi connectivity index (χ4n) is 2.45. The molecule has 0 aliphatic rings. The van der Waals surface area contributed by atoms with Crippen LogP contribution in [0.2, 0.25) is 0 Å². The molecule has 0 bridgehead atoms. The molecule has 0 aromatic heterocycles. The number of benzene rings is 2. The first-order valence-corrected chi connectivity index (χ1v) is 9.26. The van der Waals surface area contributed by atoms with Crippen LogP contribution in [0.4, 0.5) is 0 Å². The number of ether oxygens (including phenoxy) is 1. The van der Waals surface area contributed by atoms with Crippen molar-refractivity contribution in [1.82, 2.24) is 4.72 Å². The lowest BCUT2D eigenvalue weighted by atomic mass is 10.00. The maximum Gasteiger partial charge on any atom is 0.309 e. The van der Waals surface area contributed by atoms with Crippen LogP contribution in [0, 0.1) is 5.92 Å². The lowest BCUT2D eigenvalue weighted by Crippen LogP contribution is -2.35. The zero-order valence-corrected chi connectivity index (χ0v) is 14.5. The van der Waals surface area contributed by atoms with E-state index in [1.807, 2.05) is 60.7 Å². The van der Waals surface area contributed by atoms with E-state index in [0.717, 1.165) is 11.1 Å². The molecule has 0 spiro atoms. The van der Waals surface area contributed by atoms with Gasteiger partial charge in [0, 0.05) is 0 Å². The number of hydrogen-bond acceptors (Lipinski definition) is 4. The van der Waals surface area contributed by atoms with E-state index in [0.29, 0.717) is 0 Å². The Bertz CT molecular complexity index is 721. The summed E-state index contributed by atoms with van der Waals surface area (Å²) in [6.07, 6.45) is 0. The number of esters is 1. The van der Waals surface area contributed by atoms with Crippen molar-refractivity contribution in [2.75, 3.05) is 12.9 Å². The molecule has 0 fully saturated rings. The van der Waals surface area contributed by atoms with Crippen LogP contribution in [0.15, 0.2) is 60.7 Å². The van der Waals surface area contributed by atoms with Gasteiger partial charge < -0.3 is 4.74 Å². The van der Waals surface area contributed by atoms with Crippen LogP contribution >= 0.6 is 0 Å². The number of sulfonamides is 1. The van der Waals surface area contributed by atoms with Gasteiger partial charge in [-0.2, -0.15) is 0 Å². The Morgan fingerprint density at radius 3 is 1.88 bits per heavy atom. The third-order valence-corrected chi connectivity index (χ3v) is 5.17. The first-order chi connectivity index (χ1) is 11.4. The molecule has 1 atom stereocenters. The molecule has 1 unspecified atom stereocenters. The van der Waals surface area contributed by atoms with Crippen LogP contribution in [0.25, 0.3) is 0 Å². The van der Waals surface area contributed by atoms with E-state index in [1.54, 1.807) is 0 Å². The molecule has 0 heterocycles. The minimum Gasteiger partial charge on any atom is -0.469 e. The van der Waals surface area contributed by atoms with E-state index < -0.39 is 28.0 Å². The monoisotopic (exact) mass is 347 g/mol. The zero-order chi connectivity index (χ0) is 17.6. The Labute approximate surface area is 142 Å². The van der Waals surface area contributed by atoms with E-state index >= 15 is 0 Å². The number of carbonyl (C=O) groups is 1. The molecule has 5 nitrogen and oxygen atoms in total. The van der Waals surface area contributed by atoms with Gasteiger partial charge in [-0.25, -0.2) is 13.1 Å². The molecular formula is C18H21NO4S. The lowest BCUT2D eigenvalue weighted by Gasteiger charge is -2.20. The third-order valence-electron chi connectivity index (χ3n) is 3.64. The Kier molecular flexibility index (Phi) is 6.11. The van der Waals surface area contributed by atoms with Crippen LogP contribution in [-0.2, 0) is 19.6 Å². The number of nitrogens with one attached hydrogen (secondary N) is 1. The average Bonchev–Trinajstić information content (AvgIpc) is 2.60. The van der Waals surface area contributed by atoms with Crippen LogP contribution in [0.5, 0.6) is 0 Å². The summed E-state index contributed by atoms with van der Waals surface area (Å²) in [6.45, 7) is 1.53. The summed E-state index contributed by atoms with van der Waals surface area (Å²) in [4.78, 5) is 11.5. The predicted molar refractivity (Wildman–Crippen MR) is 92.8 cm³/mol. The van der Waals surface area contributed by atoms with Crippen molar-refractivity contribution in [3.05, 3.63) is 71.8 Å². The van der Waals surface area contributed by atoms with Gasteiger partial charge in [0.05, 0.1) is 24.8 Å². The molecule has 2 aromatic rings. The van der Waals surface area contributed by atoms with Crippen LogP contribution < -0.4 is 4.72 Å². The Morgan fingerprint density at radius 1 is 1.00 bits per heavy atom. The van der Waals surface area contributed by atoms with Crippen molar-refractivity contribution in [2.24, 2.45) is 5.92 Å². The summed E-state index contributed by atoms with van der Waals surface area (Å²) in [6, 6.07) is 18.1. The summed E-state index contributed by atoms with van der Waals surface area (Å²) in [5, 5.41) is 0. The molecule has 0 saturated carbocycles. The smallest absolute Gasteiger partial charge is 0.309 e. The van der Waals surface area contributed by atoms with E-state index in [4.69, 9.17) is 0 Å². The highest BCUT2D eigenvalue weighted by molar-refractivity contribution is 7.89. The first kappa shape index (κ1) is 18.2. The van der Waals surface area contributed by atoms with Gasteiger partial charge in [0.2, 0.25) is 10.0 Å². The topological polar surface area (TPSA) is 72.5 Å². The standard InChI is InChI=1S/C18H21NO4S/c1-14(18(20)23-2)13-24(21,22)19-17(15-9-5-3-6-10-15)16-11-7-4-8-12-16/h3-12,14,17,19H,13H2,1-2H3. The quantitative estimate of drug-likeness (QED) is 0.781. The fraction of sp³-hybridized carbons (Fsp3) is 0.278. The second-order valence-electron chi connectivity index (χ2n) is 5.58. The Balaban J connectivity index is 2.27. The Hall–Kier alpha value is -2.18. The molecule has 128 valence electrons. The van der Waals surface area contributed by atoms with Gasteiger partial charge in [0.1, 0.15) is 0 Å². The zero-order valence-electron chi connectivity index (χ0n) is 13.7. The highest BCUT2D eigenvalue weighted by Gasteiger charge is 2.26. The van der Waals surface area contributed by atoms with Crippen molar-refractivity contribution < 1.29 is 17.9 Å². The molecule has 1 N–H and O–H groups in total. The minimum atomic E-state index is -3.68. The second kappa shape index (κ2) is 8.08. The summed E-state index contributed by atoms with van der Waals surface area (Å²) >= 11 is 0. The summed E-state index contributed by atoms with van der Waals surface area (Å²) in [7, 11) is -2.44. The van der Waals surface area contributed by atoms with Crippen LogP contribution in [0.1, 0.15) is 24.1 Å². The number of methoxy groups -OCH3 is 1. The molecule has 24 heavy (non-hydrogen) atoms. The second-order valence-corrected chi connectivity index (χ2v) is 7.38. The highest BCUT2D eigenvalue weighted by atomic mass is 32.2. The molecule has 0 amide bonds. The van der Waals surface area contributed by atoms with Gasteiger partial charge in [-0.3, -0.25) is 4.79 Å². The summed E-state index contributed by atoms with van der Waals surface area (Å²) in [5.74, 6) is -1.61. The van der Waals surface area contributed by atoms with Gasteiger partial charge >= 0.3 is 5.97 Å². The van der Waals surface area contributed by atoms with Crippen molar-refractivity contribution in [1.29, 1.82) is 0 Å². The third kappa shape index (κ3) is 4.91. The molecule has 2 rings (SSSR count). The molecule has 0 aliphatic heterocycles. The molecular weight excluding hydrogens is 326 g/mol. The van der Waals surface area contributed by atoms with Gasteiger partial charge in [0.15, 0.2) is 0 Å². The van der Waals surface area contributed by atoms with Gasteiger partial charge in [-0.15, -0.1) is 0 Å². The molecule has 0 radical (unpaired) electrons. The minimum absolute atomic E-state index is 0.324. The number of hydrogen-bond donors (Lipinski definition) is 1. The molecule has 0 aliphatic carbocycles. The lowest BCUT2D eigenvalue weighted by molar-refractivity contribution is -0.144. The SMILES string of the molecule is COC(=O)C(C)CS(=O)(=O)NC(c1ccccc1)c1ccccc1.